The van der Waals surface area contributed by atoms with Crippen LogP contribution in [0.1, 0.15) is 368 Å². The maximum Gasteiger partial charge on any atom is 0.219 e. The van der Waals surface area contributed by atoms with Crippen LogP contribution < -0.4 is 36.8 Å². The van der Waals surface area contributed by atoms with Crippen molar-refractivity contribution in [1.29, 1.82) is 0 Å². The quantitative estimate of drug-likeness (QED) is 0.0153. The third kappa shape index (κ3) is 109. The predicted molar refractivity (Wildman–Crippen MR) is 541 cm³/mol. The minimum Gasteiger partial charge on any atom is -0.748 e. The smallest absolute Gasteiger partial charge is 0.219 e. The number of aliphatic hydroxyl groups is 1. The molecule has 0 heterocycles. The van der Waals surface area contributed by atoms with Gasteiger partial charge in [0, 0.05) is 102 Å². The van der Waals surface area contributed by atoms with Crippen LogP contribution in [0.15, 0.2) is 91.1 Å². The molecule has 0 aliphatic carbocycles. The lowest BCUT2D eigenvalue weighted by Gasteiger charge is -2.32. The molecule has 1 rings (SSSR count). The first-order valence-corrected chi connectivity index (χ1v) is 53.1. The van der Waals surface area contributed by atoms with E-state index in [-0.39, 0.29) is 49.2 Å². The Bertz CT molecular complexity index is 3130. The number of unbranched alkanes of at least 4 members (excludes halogenated alkanes) is 31. The Morgan fingerprint density at radius 2 is 0.569 bits per heavy atom. The number of quaternary nitrogens is 5. The van der Waals surface area contributed by atoms with Gasteiger partial charge >= 0.3 is 0 Å². The van der Waals surface area contributed by atoms with E-state index in [2.05, 4.69) is 188 Å². The van der Waals surface area contributed by atoms with Crippen LogP contribution in [0, 0.1) is 0 Å². The van der Waals surface area contributed by atoms with E-state index in [0.717, 1.165) is 151 Å². The average Bonchev–Trinajstić information content (AvgIpc) is 0.885. The number of aliphatic hydroxyl groups excluding tert-OH is 1. The Balaban J connectivity index is -0.000000768. The summed E-state index contributed by atoms with van der Waals surface area (Å²) in [5, 5.41) is 45.8. The maximum atomic E-state index is 12.0. The van der Waals surface area contributed by atoms with Gasteiger partial charge in [-0.2, -0.15) is 0 Å². The van der Waals surface area contributed by atoms with Gasteiger partial charge in [0.2, 0.25) is 29.5 Å². The summed E-state index contributed by atoms with van der Waals surface area (Å²) in [5.41, 5.74) is 1.37. The van der Waals surface area contributed by atoms with Crippen molar-refractivity contribution < 1.29 is 84.3 Å². The molecule has 24 heteroatoms. The van der Waals surface area contributed by atoms with Crippen molar-refractivity contribution in [3.63, 3.8) is 0 Å². The highest BCUT2D eigenvalue weighted by atomic mass is 32.2. The largest absolute Gasteiger partial charge is 0.748 e. The number of allylic oxidation sites excluding steroid dienone is 10. The SMILES string of the molecule is CC/C=C/CCCCCCCC(=O)NCCC[N+](C)(C)C.CC/C=C/CCCCCCCC(=O)NCCC[N+](C)(C)CC(=O)[O-].CC/C=C/CCCCCCCC(=O)NCCC[N+](C)(C)CC(O)CS(=O)(=O)[O-].CCCC/C=C/CCCCCCCC(=O)NCCC[N+](C)(C)CC(=O)[O-].CCCCCC/C=C/CCCCCCCC(=O)NCCC[N+](C)(C)Cc1ccccc1. The molecule has 130 heavy (non-hydrogen) atoms. The van der Waals surface area contributed by atoms with Crippen molar-refractivity contribution in [3.8, 4) is 0 Å². The molecule has 1 unspecified atom stereocenters. The Labute approximate surface area is 797 Å². The summed E-state index contributed by atoms with van der Waals surface area (Å²) in [7, 11) is 17.8. The van der Waals surface area contributed by atoms with Gasteiger partial charge in [-0.1, -0.05) is 254 Å². The standard InChI is InChI=1S/C28H48N2O.C21H40N2O3.C20H40N2O5S.C19H36N2O3.C18H36N2O/c1-4-5-6-7-8-9-10-11-12-13-14-15-19-23-28(31)29-24-20-25-30(2,3)26-27-21-17-16-18-22-27;1-4-5-6-7-8-9-10-11-12-13-14-16-20(24)22-17-15-18-23(2,3)19-21(25)26;1-4-5-6-7-8-9-10-11-12-14-20(24)21-15-13-16-22(2,3)17-19(23)18-28(25,26)27;1-4-5-6-7-8-9-10-11-12-14-18(22)20-15-13-16-21(2,3)17-19(23)24;1-5-6-7-8-9-10-11-12-13-15-18(21)19-16-14-17-20(2,3)4/h9-10,16-18,21-22H,4-8,11-15,19-20,23-26H2,1-3H3;7-8H,4-6,9-19H2,1-3H3,(H-,22,24,25,26);5-6,19,23H,4,7-18H2,1-3H3,(H-,21,24,25,26,27);5-6H,4,7-17H2,1-3H3,(H-,20,22,23,24);6-7H,5,8-17H2,1-4H3/p+2/b10-9+;8-7+;2*6-5+;7-6+. The molecule has 0 aromatic heterocycles. The number of likely N-dealkylation sites (N-methyl/N-ethyl adjacent to an activating group) is 3. The number of carbonyl (C=O) groups excluding carboxylic acids is 7. The number of hydrogen-bond acceptors (Lipinski definition) is 13. The summed E-state index contributed by atoms with van der Waals surface area (Å²) < 4.78 is 35.1. The van der Waals surface area contributed by atoms with E-state index in [4.69, 9.17) is 0 Å². The fourth-order valence-corrected chi connectivity index (χ4v) is 15.4. The monoisotopic (exact) mass is 1860 g/mol. The topological polar surface area (TPSA) is 303 Å². The lowest BCUT2D eigenvalue weighted by molar-refractivity contribution is -0.903. The van der Waals surface area contributed by atoms with E-state index < -0.39 is 33.9 Å². The number of nitrogens with zero attached hydrogens (tertiary/aromatic N) is 5. The normalized spacial score (nSPS) is 12.3. The summed E-state index contributed by atoms with van der Waals surface area (Å²) in [6, 6.07) is 10.6. The van der Waals surface area contributed by atoms with Gasteiger partial charge in [-0.05, 0) is 135 Å². The highest BCUT2D eigenvalue weighted by molar-refractivity contribution is 7.85. The van der Waals surface area contributed by atoms with Gasteiger partial charge in [0.05, 0.1) is 138 Å². The molecule has 5 amide bonds. The molecule has 0 spiro atoms. The lowest BCUT2D eigenvalue weighted by atomic mass is 10.1. The summed E-state index contributed by atoms with van der Waals surface area (Å²) in [6.07, 6.45) is 77.9. The van der Waals surface area contributed by atoms with Gasteiger partial charge < -0.3 is 78.5 Å². The fourth-order valence-electron chi connectivity index (χ4n) is 14.9. The van der Waals surface area contributed by atoms with Crippen LogP contribution in [-0.4, -0.2) is 256 Å². The molecule has 0 saturated heterocycles. The number of carboxylic acids is 2. The average molecular weight is 1860 g/mol. The Hall–Kier alpha value is -6.12. The Morgan fingerprint density at radius 1 is 0.323 bits per heavy atom. The van der Waals surface area contributed by atoms with E-state index in [1.807, 2.05) is 42.3 Å². The van der Waals surface area contributed by atoms with E-state index in [0.29, 0.717) is 84.8 Å². The number of carbonyl (C=O) groups is 7. The van der Waals surface area contributed by atoms with Gasteiger partial charge in [0.1, 0.15) is 32.3 Å². The van der Waals surface area contributed by atoms with Crippen LogP contribution >= 0.6 is 0 Å². The molecule has 0 aliphatic heterocycles. The highest BCUT2D eigenvalue weighted by Crippen LogP contribution is 2.16. The molecule has 0 saturated carbocycles. The minimum absolute atomic E-state index is 0.00216. The van der Waals surface area contributed by atoms with Crippen molar-refractivity contribution in [2.24, 2.45) is 0 Å². The number of aliphatic carboxylic acids is 2. The predicted octanol–water partition coefficient (Wildman–Crippen LogP) is 17.9. The zero-order valence-corrected chi connectivity index (χ0v) is 87.2. The molecule has 0 radical (unpaired) electrons. The molecule has 758 valence electrons. The molecule has 1 aromatic carbocycles. The number of hydrogen-bond donors (Lipinski definition) is 6. The van der Waals surface area contributed by atoms with E-state index >= 15 is 0 Å². The van der Waals surface area contributed by atoms with Crippen molar-refractivity contribution >= 4 is 51.6 Å². The summed E-state index contributed by atoms with van der Waals surface area (Å²) >= 11 is 0. The van der Waals surface area contributed by atoms with Crippen LogP contribution in [-0.2, 0) is 50.2 Å². The number of rotatable bonds is 81. The number of benzene rings is 1. The first kappa shape index (κ1) is 130. The van der Waals surface area contributed by atoms with E-state index in [1.165, 1.54) is 192 Å². The van der Waals surface area contributed by atoms with Gasteiger partial charge in [0.15, 0.2) is 0 Å². The first-order chi connectivity index (χ1) is 61.8. The third-order valence-electron chi connectivity index (χ3n) is 22.4. The number of carboxylic acid groups (broad SMARTS) is 2. The summed E-state index contributed by atoms with van der Waals surface area (Å²) in [5.74, 6) is -2.12. The van der Waals surface area contributed by atoms with Crippen molar-refractivity contribution in [2.75, 3.05) is 168 Å². The van der Waals surface area contributed by atoms with E-state index in [9.17, 15) is 61.9 Å². The van der Waals surface area contributed by atoms with Crippen LogP contribution in [0.2, 0.25) is 0 Å². The van der Waals surface area contributed by atoms with Crippen molar-refractivity contribution in [3.05, 3.63) is 96.7 Å². The number of amides is 5. The second-order valence-corrected chi connectivity index (χ2v) is 41.0. The zero-order valence-electron chi connectivity index (χ0n) is 86.4. The summed E-state index contributed by atoms with van der Waals surface area (Å²) in [4.78, 5) is 80.3. The molecular weight excluding hydrogens is 1650 g/mol. The van der Waals surface area contributed by atoms with Gasteiger partial charge in [-0.3, -0.25) is 24.0 Å². The number of nitrogens with one attached hydrogen (secondary N) is 5. The molecule has 0 aliphatic rings. The molecule has 0 bridgehead atoms. The van der Waals surface area contributed by atoms with Crippen molar-refractivity contribution in [1.82, 2.24) is 26.6 Å². The van der Waals surface area contributed by atoms with Gasteiger partial charge in [-0.25, -0.2) is 8.42 Å². The van der Waals surface area contributed by atoms with Crippen LogP contribution in [0.25, 0.3) is 0 Å². The molecule has 1 atom stereocenters. The van der Waals surface area contributed by atoms with Crippen LogP contribution in [0.4, 0.5) is 0 Å². The highest BCUT2D eigenvalue weighted by Gasteiger charge is 2.23. The first-order valence-electron chi connectivity index (χ1n) is 51.5. The van der Waals surface area contributed by atoms with E-state index in [1.54, 1.807) is 0 Å². The zero-order chi connectivity index (χ0) is 98.0. The second kappa shape index (κ2) is 89.4. The summed E-state index contributed by atoms with van der Waals surface area (Å²) in [6.45, 7) is 19.8. The second-order valence-electron chi connectivity index (χ2n) is 39.5. The minimum atomic E-state index is -4.42. The Kier molecular flexibility index (Phi) is 89.5. The third-order valence-corrected chi connectivity index (χ3v) is 23.2. The Morgan fingerprint density at radius 3 is 0.838 bits per heavy atom. The molecule has 0 fully saturated rings. The van der Waals surface area contributed by atoms with Crippen LogP contribution in [0.5, 0.6) is 0 Å². The van der Waals surface area contributed by atoms with Gasteiger partial charge in [0.25, 0.3) is 0 Å². The van der Waals surface area contributed by atoms with Gasteiger partial charge in [-0.15, -0.1) is 0 Å². The van der Waals surface area contributed by atoms with Crippen molar-refractivity contribution in [2.45, 2.75) is 375 Å². The maximum absolute atomic E-state index is 12.0. The molecule has 1 aromatic rings. The fraction of sp³-hybridized carbons (Fsp3) is 0.783. The molecular formula is C106H202N10O13S+2. The molecule has 6 N–H and O–H groups in total. The van der Waals surface area contributed by atoms with Crippen LogP contribution in [0.3, 0.4) is 0 Å². The molecule has 23 nitrogen and oxygen atoms in total. The lowest BCUT2D eigenvalue weighted by Crippen LogP contribution is -2.49.